The Kier molecular flexibility index (Phi) is 5.37. The number of carbonyl (C=O) groups excluding carboxylic acids is 1. The van der Waals surface area contributed by atoms with Gasteiger partial charge < -0.3 is 14.8 Å². The van der Waals surface area contributed by atoms with Crippen molar-refractivity contribution >= 4 is 39.7 Å². The molecule has 0 fully saturated rings. The van der Waals surface area contributed by atoms with Crippen molar-refractivity contribution in [3.8, 4) is 11.3 Å². The van der Waals surface area contributed by atoms with Crippen LogP contribution in [0.3, 0.4) is 0 Å². The number of amides is 1. The fourth-order valence-corrected chi connectivity index (χ4v) is 3.34. The molecular formula is C23H18N2O3S. The number of carbonyl (C=O) groups is 1. The molecule has 5 nitrogen and oxygen atoms in total. The van der Waals surface area contributed by atoms with Crippen LogP contribution in [0.2, 0.25) is 0 Å². The number of nitrogens with one attached hydrogen (secondary N) is 2. The minimum Gasteiger partial charge on any atom is -0.459 e. The minimum absolute atomic E-state index is 0.151. The van der Waals surface area contributed by atoms with Crippen molar-refractivity contribution < 1.29 is 14.3 Å². The van der Waals surface area contributed by atoms with Crippen molar-refractivity contribution in [3.63, 3.8) is 0 Å². The topological polar surface area (TPSA) is 74.5 Å². The van der Waals surface area contributed by atoms with Crippen molar-refractivity contribution in [1.82, 2.24) is 5.32 Å². The Labute approximate surface area is 173 Å². The summed E-state index contributed by atoms with van der Waals surface area (Å²) in [4.78, 5) is 12.7. The lowest BCUT2D eigenvalue weighted by atomic mass is 10.0. The molecule has 144 valence electrons. The van der Waals surface area contributed by atoms with Gasteiger partial charge in [0.25, 0.3) is 5.91 Å². The molecule has 1 heterocycles. The molecule has 1 amide bonds. The van der Waals surface area contributed by atoms with E-state index >= 15 is 0 Å². The SMILES string of the molecule is O=C(NC(=S)Nc1cccc(-c2ccc(CO)o2)c1)c1cccc2ccccc12. The number of hydrogen-bond acceptors (Lipinski definition) is 4. The Morgan fingerprint density at radius 3 is 2.59 bits per heavy atom. The Morgan fingerprint density at radius 1 is 0.966 bits per heavy atom. The van der Waals surface area contributed by atoms with Gasteiger partial charge >= 0.3 is 0 Å². The maximum atomic E-state index is 12.7. The van der Waals surface area contributed by atoms with Gasteiger partial charge in [0.2, 0.25) is 0 Å². The molecule has 6 heteroatoms. The largest absolute Gasteiger partial charge is 0.459 e. The third-order valence-corrected chi connectivity index (χ3v) is 4.69. The number of aliphatic hydroxyl groups excluding tert-OH is 1. The van der Waals surface area contributed by atoms with E-state index in [2.05, 4.69) is 10.6 Å². The van der Waals surface area contributed by atoms with Crippen molar-refractivity contribution in [2.45, 2.75) is 6.61 Å². The zero-order chi connectivity index (χ0) is 20.2. The Hall–Kier alpha value is -3.48. The zero-order valence-electron chi connectivity index (χ0n) is 15.4. The van der Waals surface area contributed by atoms with E-state index in [1.807, 2.05) is 60.7 Å². The van der Waals surface area contributed by atoms with Crippen LogP contribution in [0.15, 0.2) is 83.3 Å². The standard InChI is InChI=1S/C23H18N2O3S/c26-14-18-11-12-21(28-18)16-7-3-8-17(13-16)24-23(29)25-22(27)20-10-4-6-15-5-1-2-9-19(15)20/h1-13,26H,14H2,(H2,24,25,27,29). The summed E-state index contributed by atoms with van der Waals surface area (Å²) < 4.78 is 5.56. The molecule has 3 N–H and O–H groups in total. The molecule has 0 aliphatic carbocycles. The average molecular weight is 402 g/mol. The Morgan fingerprint density at radius 2 is 1.76 bits per heavy atom. The second-order valence-corrected chi connectivity index (χ2v) is 6.85. The van der Waals surface area contributed by atoms with Gasteiger partial charge in [-0.25, -0.2) is 0 Å². The number of anilines is 1. The van der Waals surface area contributed by atoms with E-state index in [4.69, 9.17) is 21.7 Å². The monoisotopic (exact) mass is 402 g/mol. The fraction of sp³-hybridized carbons (Fsp3) is 0.0435. The number of aliphatic hydroxyl groups is 1. The van der Waals surface area contributed by atoms with Crippen LogP contribution in [-0.4, -0.2) is 16.1 Å². The molecule has 0 unspecified atom stereocenters. The van der Waals surface area contributed by atoms with Gasteiger partial charge in [-0.15, -0.1) is 0 Å². The normalized spacial score (nSPS) is 10.7. The van der Waals surface area contributed by atoms with Crippen molar-refractivity contribution in [2.24, 2.45) is 0 Å². The lowest BCUT2D eigenvalue weighted by Crippen LogP contribution is -2.34. The second-order valence-electron chi connectivity index (χ2n) is 6.44. The molecule has 3 aromatic carbocycles. The molecule has 0 bridgehead atoms. The van der Waals surface area contributed by atoms with Crippen LogP contribution in [0.4, 0.5) is 5.69 Å². The third kappa shape index (κ3) is 4.18. The highest BCUT2D eigenvalue weighted by Gasteiger charge is 2.12. The number of rotatable bonds is 4. The molecule has 29 heavy (non-hydrogen) atoms. The maximum Gasteiger partial charge on any atom is 0.258 e. The van der Waals surface area contributed by atoms with Crippen molar-refractivity contribution in [2.75, 3.05) is 5.32 Å². The number of hydrogen-bond donors (Lipinski definition) is 3. The van der Waals surface area contributed by atoms with Crippen molar-refractivity contribution in [1.29, 1.82) is 0 Å². The zero-order valence-corrected chi connectivity index (χ0v) is 16.2. The molecular weight excluding hydrogens is 384 g/mol. The summed E-state index contributed by atoms with van der Waals surface area (Å²) >= 11 is 5.32. The molecule has 0 saturated carbocycles. The third-order valence-electron chi connectivity index (χ3n) is 4.48. The summed E-state index contributed by atoms with van der Waals surface area (Å²) in [5, 5.41) is 17.0. The quantitative estimate of drug-likeness (QED) is 0.431. The lowest BCUT2D eigenvalue weighted by molar-refractivity contribution is 0.0979. The number of thiocarbonyl (C=S) groups is 1. The van der Waals surface area contributed by atoms with E-state index in [1.165, 1.54) is 0 Å². The minimum atomic E-state index is -0.269. The summed E-state index contributed by atoms with van der Waals surface area (Å²) in [5.74, 6) is 0.869. The number of fused-ring (bicyclic) bond motifs is 1. The van der Waals surface area contributed by atoms with Gasteiger partial charge in [0.05, 0.1) is 0 Å². The maximum absolute atomic E-state index is 12.7. The van der Waals surface area contributed by atoms with Gasteiger partial charge in [-0.1, -0.05) is 48.5 Å². The van der Waals surface area contributed by atoms with E-state index in [1.54, 1.807) is 18.2 Å². The van der Waals surface area contributed by atoms with Crippen LogP contribution in [-0.2, 0) is 6.61 Å². The highest BCUT2D eigenvalue weighted by molar-refractivity contribution is 7.80. The molecule has 0 saturated heterocycles. The van der Waals surface area contributed by atoms with Crippen LogP contribution in [0, 0.1) is 0 Å². The van der Waals surface area contributed by atoms with Gasteiger partial charge in [0, 0.05) is 16.8 Å². The highest BCUT2D eigenvalue weighted by Crippen LogP contribution is 2.25. The Balaban J connectivity index is 1.48. The molecule has 0 atom stereocenters. The van der Waals surface area contributed by atoms with Crippen LogP contribution < -0.4 is 10.6 Å². The summed E-state index contributed by atoms with van der Waals surface area (Å²) in [6, 6.07) is 24.3. The molecule has 1 aromatic heterocycles. The second kappa shape index (κ2) is 8.26. The smallest absolute Gasteiger partial charge is 0.258 e. The first-order valence-corrected chi connectivity index (χ1v) is 9.45. The predicted molar refractivity (Wildman–Crippen MR) is 118 cm³/mol. The first-order valence-electron chi connectivity index (χ1n) is 9.04. The molecule has 0 spiro atoms. The molecule has 0 aliphatic rings. The fourth-order valence-electron chi connectivity index (χ4n) is 3.12. The molecule has 0 aliphatic heterocycles. The van der Waals surface area contributed by atoms with Crippen LogP contribution in [0.1, 0.15) is 16.1 Å². The van der Waals surface area contributed by atoms with E-state index in [9.17, 15) is 4.79 Å². The van der Waals surface area contributed by atoms with E-state index in [-0.39, 0.29) is 17.6 Å². The summed E-state index contributed by atoms with van der Waals surface area (Å²) in [7, 11) is 0. The summed E-state index contributed by atoms with van der Waals surface area (Å²) in [5.41, 5.74) is 2.11. The first kappa shape index (κ1) is 18.9. The number of furan rings is 1. The highest BCUT2D eigenvalue weighted by atomic mass is 32.1. The van der Waals surface area contributed by atoms with Gasteiger partial charge in [-0.2, -0.15) is 0 Å². The lowest BCUT2D eigenvalue weighted by Gasteiger charge is -2.11. The Bertz CT molecular complexity index is 1190. The predicted octanol–water partition coefficient (Wildman–Crippen LogP) is 4.72. The van der Waals surface area contributed by atoms with E-state index in [0.29, 0.717) is 22.8 Å². The summed E-state index contributed by atoms with van der Waals surface area (Å²) in [6.45, 7) is -0.151. The molecule has 0 radical (unpaired) electrons. The summed E-state index contributed by atoms with van der Waals surface area (Å²) in [6.07, 6.45) is 0. The van der Waals surface area contributed by atoms with E-state index < -0.39 is 0 Å². The van der Waals surface area contributed by atoms with Gasteiger partial charge in [-0.3, -0.25) is 10.1 Å². The first-order chi connectivity index (χ1) is 14.1. The van der Waals surface area contributed by atoms with Gasteiger partial charge in [0.15, 0.2) is 5.11 Å². The number of benzene rings is 3. The van der Waals surface area contributed by atoms with Crippen LogP contribution >= 0.6 is 12.2 Å². The molecule has 4 aromatic rings. The van der Waals surface area contributed by atoms with Gasteiger partial charge in [-0.05, 0) is 53.3 Å². The van der Waals surface area contributed by atoms with Gasteiger partial charge in [0.1, 0.15) is 18.1 Å². The average Bonchev–Trinajstić information content (AvgIpc) is 3.23. The van der Waals surface area contributed by atoms with Crippen LogP contribution in [0.25, 0.3) is 22.1 Å². The van der Waals surface area contributed by atoms with E-state index in [0.717, 1.165) is 16.3 Å². The van der Waals surface area contributed by atoms with Crippen LogP contribution in [0.5, 0.6) is 0 Å². The van der Waals surface area contributed by atoms with Crippen molar-refractivity contribution in [3.05, 3.63) is 90.2 Å². The molecule has 4 rings (SSSR count).